The average molecular weight is 127 g/mol. The smallest absolute Gasteiger partial charge is 0.134 e. The van der Waals surface area contributed by atoms with Crippen molar-refractivity contribution in [2.75, 3.05) is 13.1 Å². The number of likely N-dealkylation sites (N-methyl/N-ethyl adjacent to an activating group) is 1. The summed E-state index contributed by atoms with van der Waals surface area (Å²) in [5, 5.41) is 12.1. The fourth-order valence-electron chi connectivity index (χ4n) is 0.419. The van der Waals surface area contributed by atoms with Gasteiger partial charge >= 0.3 is 0 Å². The molecule has 0 aromatic rings. The molecule has 0 amide bonds. The minimum atomic E-state index is -0.990. The monoisotopic (exact) mass is 127 g/mol. The molecule has 0 rings (SSSR count). The first-order valence-electron chi connectivity index (χ1n) is 3.03. The van der Waals surface area contributed by atoms with Gasteiger partial charge in [0.2, 0.25) is 0 Å². The summed E-state index contributed by atoms with van der Waals surface area (Å²) < 4.78 is 0. The van der Waals surface area contributed by atoms with Crippen molar-refractivity contribution in [1.82, 2.24) is 5.32 Å². The summed E-state index contributed by atoms with van der Waals surface area (Å²) in [6, 6.07) is 0. The molecule has 0 aliphatic heterocycles. The standard InChI is InChI=1S/C7H13NO/c1-4-7(3,9)6-8-5-2/h1,8-9H,5-6H2,2-3H3. The molecule has 2 nitrogen and oxygen atoms in total. The lowest BCUT2D eigenvalue weighted by Gasteiger charge is -2.15. The molecule has 0 bridgehead atoms. The molecule has 0 fully saturated rings. The summed E-state index contributed by atoms with van der Waals surface area (Å²) in [6.07, 6.45) is 5.01. The van der Waals surface area contributed by atoms with Crippen molar-refractivity contribution in [2.24, 2.45) is 0 Å². The third kappa shape index (κ3) is 4.01. The molecule has 1 unspecified atom stereocenters. The van der Waals surface area contributed by atoms with Crippen molar-refractivity contribution < 1.29 is 5.11 Å². The molecule has 52 valence electrons. The van der Waals surface area contributed by atoms with Gasteiger partial charge < -0.3 is 10.4 Å². The molecule has 0 aliphatic carbocycles. The fraction of sp³-hybridized carbons (Fsp3) is 0.714. The Balaban J connectivity index is 3.49. The molecule has 0 aromatic carbocycles. The third-order valence-corrected chi connectivity index (χ3v) is 1.03. The first-order chi connectivity index (χ1) is 4.12. The van der Waals surface area contributed by atoms with Gasteiger partial charge in [-0.1, -0.05) is 12.8 Å². The molecule has 0 radical (unpaired) electrons. The first kappa shape index (κ1) is 8.48. The van der Waals surface area contributed by atoms with Crippen LogP contribution >= 0.6 is 0 Å². The Morgan fingerprint density at radius 2 is 2.33 bits per heavy atom. The zero-order valence-electron chi connectivity index (χ0n) is 5.94. The molecule has 0 aliphatic rings. The molecule has 9 heavy (non-hydrogen) atoms. The lowest BCUT2D eigenvalue weighted by atomic mass is 10.1. The summed E-state index contributed by atoms with van der Waals surface area (Å²) in [5.41, 5.74) is -0.990. The maximum absolute atomic E-state index is 9.16. The highest BCUT2D eigenvalue weighted by Crippen LogP contribution is 1.96. The van der Waals surface area contributed by atoms with Crippen LogP contribution in [0.4, 0.5) is 0 Å². The van der Waals surface area contributed by atoms with Gasteiger partial charge in [-0.25, -0.2) is 0 Å². The van der Waals surface area contributed by atoms with Crippen molar-refractivity contribution >= 4 is 0 Å². The van der Waals surface area contributed by atoms with E-state index in [0.29, 0.717) is 6.54 Å². The fourth-order valence-corrected chi connectivity index (χ4v) is 0.419. The Morgan fingerprint density at radius 1 is 1.78 bits per heavy atom. The predicted molar refractivity (Wildman–Crippen MR) is 38.0 cm³/mol. The Hall–Kier alpha value is -0.520. The van der Waals surface area contributed by atoms with Gasteiger partial charge in [-0.3, -0.25) is 0 Å². The summed E-state index contributed by atoms with van der Waals surface area (Å²) >= 11 is 0. The maximum Gasteiger partial charge on any atom is 0.134 e. The highest BCUT2D eigenvalue weighted by Gasteiger charge is 2.13. The largest absolute Gasteiger partial charge is 0.377 e. The zero-order valence-corrected chi connectivity index (χ0v) is 5.94. The van der Waals surface area contributed by atoms with Crippen molar-refractivity contribution in [3.63, 3.8) is 0 Å². The minimum Gasteiger partial charge on any atom is -0.377 e. The van der Waals surface area contributed by atoms with E-state index in [9.17, 15) is 0 Å². The number of nitrogens with one attached hydrogen (secondary N) is 1. The van der Waals surface area contributed by atoms with Crippen LogP contribution in [0, 0.1) is 12.3 Å². The summed E-state index contributed by atoms with van der Waals surface area (Å²) in [7, 11) is 0. The molecule has 2 N–H and O–H groups in total. The topological polar surface area (TPSA) is 32.3 Å². The van der Waals surface area contributed by atoms with Crippen LogP contribution in [-0.4, -0.2) is 23.8 Å². The molecule has 0 saturated heterocycles. The summed E-state index contributed by atoms with van der Waals surface area (Å²) in [5.74, 6) is 2.27. The minimum absolute atomic E-state index is 0.458. The second kappa shape index (κ2) is 3.49. The zero-order chi connectivity index (χ0) is 7.33. The average Bonchev–Trinajstić information content (AvgIpc) is 1.84. The van der Waals surface area contributed by atoms with E-state index < -0.39 is 5.60 Å². The predicted octanol–water partition coefficient (Wildman–Crippen LogP) is -0.0199. The molecule has 1 atom stereocenters. The van der Waals surface area contributed by atoms with E-state index in [1.54, 1.807) is 6.92 Å². The normalized spacial score (nSPS) is 16.2. The van der Waals surface area contributed by atoms with Gasteiger partial charge in [-0.05, 0) is 13.5 Å². The van der Waals surface area contributed by atoms with E-state index in [2.05, 4.69) is 11.2 Å². The van der Waals surface area contributed by atoms with Crippen LogP contribution in [0.5, 0.6) is 0 Å². The van der Waals surface area contributed by atoms with Crippen LogP contribution in [0.3, 0.4) is 0 Å². The first-order valence-corrected chi connectivity index (χ1v) is 3.03. The van der Waals surface area contributed by atoms with Crippen LogP contribution < -0.4 is 5.32 Å². The summed E-state index contributed by atoms with van der Waals surface area (Å²) in [4.78, 5) is 0. The second-order valence-electron chi connectivity index (χ2n) is 2.20. The van der Waals surface area contributed by atoms with Crippen molar-refractivity contribution in [3.8, 4) is 12.3 Å². The molecular weight excluding hydrogens is 114 g/mol. The Kier molecular flexibility index (Phi) is 3.29. The van der Waals surface area contributed by atoms with Crippen LogP contribution in [-0.2, 0) is 0 Å². The van der Waals surface area contributed by atoms with E-state index in [1.165, 1.54) is 0 Å². The lowest BCUT2D eigenvalue weighted by Crippen LogP contribution is -2.36. The highest BCUT2D eigenvalue weighted by atomic mass is 16.3. The van der Waals surface area contributed by atoms with Crippen LogP contribution in [0.15, 0.2) is 0 Å². The Bertz CT molecular complexity index is 113. The van der Waals surface area contributed by atoms with Gasteiger partial charge in [0.1, 0.15) is 5.60 Å². The van der Waals surface area contributed by atoms with Crippen LogP contribution in [0.2, 0.25) is 0 Å². The summed E-state index contributed by atoms with van der Waals surface area (Å²) in [6.45, 7) is 4.86. The Morgan fingerprint density at radius 3 is 2.67 bits per heavy atom. The highest BCUT2D eigenvalue weighted by molar-refractivity contribution is 5.05. The van der Waals surface area contributed by atoms with Crippen LogP contribution in [0.25, 0.3) is 0 Å². The van der Waals surface area contributed by atoms with E-state index >= 15 is 0 Å². The van der Waals surface area contributed by atoms with Crippen molar-refractivity contribution in [2.45, 2.75) is 19.4 Å². The van der Waals surface area contributed by atoms with Gasteiger partial charge in [0.15, 0.2) is 0 Å². The van der Waals surface area contributed by atoms with E-state index in [0.717, 1.165) is 6.54 Å². The molecule has 0 spiro atoms. The molecular formula is C7H13NO. The SMILES string of the molecule is C#CC(C)(O)CNCC. The second-order valence-corrected chi connectivity index (χ2v) is 2.20. The van der Waals surface area contributed by atoms with E-state index in [-0.39, 0.29) is 0 Å². The molecule has 2 heteroatoms. The number of rotatable bonds is 3. The van der Waals surface area contributed by atoms with Gasteiger partial charge in [0, 0.05) is 6.54 Å². The van der Waals surface area contributed by atoms with Crippen LogP contribution in [0.1, 0.15) is 13.8 Å². The number of terminal acetylenes is 1. The van der Waals surface area contributed by atoms with Crippen molar-refractivity contribution in [1.29, 1.82) is 0 Å². The number of hydrogen-bond acceptors (Lipinski definition) is 2. The Labute approximate surface area is 56.3 Å². The van der Waals surface area contributed by atoms with E-state index in [4.69, 9.17) is 11.5 Å². The van der Waals surface area contributed by atoms with Gasteiger partial charge in [-0.2, -0.15) is 0 Å². The molecule has 0 heterocycles. The number of aliphatic hydroxyl groups is 1. The van der Waals surface area contributed by atoms with Gasteiger partial charge in [0.25, 0.3) is 0 Å². The third-order valence-electron chi connectivity index (χ3n) is 1.03. The van der Waals surface area contributed by atoms with E-state index in [1.807, 2.05) is 6.92 Å². The lowest BCUT2D eigenvalue weighted by molar-refractivity contribution is 0.121. The number of hydrogen-bond donors (Lipinski definition) is 2. The molecule has 0 aromatic heterocycles. The van der Waals surface area contributed by atoms with Gasteiger partial charge in [0.05, 0.1) is 0 Å². The van der Waals surface area contributed by atoms with Gasteiger partial charge in [-0.15, -0.1) is 6.42 Å². The quantitative estimate of drug-likeness (QED) is 0.522. The molecule has 0 saturated carbocycles. The van der Waals surface area contributed by atoms with Crippen molar-refractivity contribution in [3.05, 3.63) is 0 Å². The maximum atomic E-state index is 9.16.